The van der Waals surface area contributed by atoms with Crippen LogP contribution in [0.3, 0.4) is 0 Å². The van der Waals surface area contributed by atoms with E-state index < -0.39 is 0 Å². The number of rotatable bonds is 5. The van der Waals surface area contributed by atoms with Crippen LogP contribution >= 0.6 is 0 Å². The molecule has 0 bridgehead atoms. The second kappa shape index (κ2) is 9.59. The Morgan fingerprint density at radius 2 is 1.33 bits per heavy atom. The molecule has 0 atom stereocenters. The molecule has 5 aromatic rings. The molecule has 5 heteroatoms. The SMILES string of the molecule is N=c1c2c(-c3ccccc3)c(-c3ccccc3)n(Cc3ccccc3)c2ncn1[C]1CC[C](O)CC1. The van der Waals surface area contributed by atoms with Crippen molar-refractivity contribution in [3.8, 4) is 22.4 Å². The van der Waals surface area contributed by atoms with Crippen molar-refractivity contribution in [3.63, 3.8) is 0 Å². The molecule has 5 nitrogen and oxygen atoms in total. The van der Waals surface area contributed by atoms with Crippen LogP contribution < -0.4 is 5.49 Å². The third-order valence-electron chi connectivity index (χ3n) is 7.05. The van der Waals surface area contributed by atoms with Gasteiger partial charge in [0.25, 0.3) is 0 Å². The molecule has 0 aliphatic heterocycles. The van der Waals surface area contributed by atoms with Gasteiger partial charge in [-0.25, -0.2) is 4.98 Å². The normalized spacial score (nSPS) is 14.9. The van der Waals surface area contributed by atoms with Crippen LogP contribution in [0.15, 0.2) is 97.3 Å². The highest BCUT2D eigenvalue weighted by molar-refractivity contribution is 6.02. The van der Waals surface area contributed by atoms with E-state index in [9.17, 15) is 10.5 Å². The summed E-state index contributed by atoms with van der Waals surface area (Å²) in [7, 11) is 0. The van der Waals surface area contributed by atoms with Crippen LogP contribution in [0.4, 0.5) is 0 Å². The number of hydrogen-bond acceptors (Lipinski definition) is 3. The molecule has 1 fully saturated rings. The van der Waals surface area contributed by atoms with Gasteiger partial charge in [0.1, 0.15) is 11.1 Å². The molecular formula is C31H28N4O. The number of aliphatic hydroxyl groups excluding tert-OH is 1. The zero-order valence-corrected chi connectivity index (χ0v) is 20.1. The first kappa shape index (κ1) is 22.5. The minimum absolute atomic E-state index is 0.444. The maximum Gasteiger partial charge on any atom is 0.146 e. The van der Waals surface area contributed by atoms with E-state index in [0.29, 0.717) is 31.0 Å². The fourth-order valence-corrected chi connectivity index (χ4v) is 5.27. The van der Waals surface area contributed by atoms with Gasteiger partial charge in [-0.1, -0.05) is 91.0 Å². The monoisotopic (exact) mass is 472 g/mol. The summed E-state index contributed by atoms with van der Waals surface area (Å²) in [6, 6.07) is 32.3. The highest BCUT2D eigenvalue weighted by Gasteiger charge is 2.27. The first-order valence-corrected chi connectivity index (χ1v) is 12.4. The van der Waals surface area contributed by atoms with Crippen LogP contribution in [0.25, 0.3) is 33.4 Å². The summed E-state index contributed by atoms with van der Waals surface area (Å²) in [5.74, 6) is 0. The quantitative estimate of drug-likeness (QED) is 0.304. The van der Waals surface area contributed by atoms with Gasteiger partial charge in [0.15, 0.2) is 0 Å². The number of aliphatic hydroxyl groups is 1. The lowest BCUT2D eigenvalue weighted by molar-refractivity contribution is 0.240. The Kier molecular flexibility index (Phi) is 5.99. The fraction of sp³-hybridized carbons (Fsp3) is 0.161. The Morgan fingerprint density at radius 3 is 1.97 bits per heavy atom. The summed E-state index contributed by atoms with van der Waals surface area (Å²) in [5, 5.41) is 20.2. The van der Waals surface area contributed by atoms with Crippen LogP contribution in [0.5, 0.6) is 0 Å². The van der Waals surface area contributed by atoms with Crippen molar-refractivity contribution in [2.45, 2.75) is 32.2 Å². The summed E-state index contributed by atoms with van der Waals surface area (Å²) in [4.78, 5) is 4.98. The van der Waals surface area contributed by atoms with E-state index in [1.165, 1.54) is 5.56 Å². The van der Waals surface area contributed by atoms with Crippen LogP contribution in [-0.4, -0.2) is 19.2 Å². The van der Waals surface area contributed by atoms with E-state index in [1.54, 1.807) is 6.33 Å². The summed E-state index contributed by atoms with van der Waals surface area (Å²) in [6.45, 7) is 0.657. The van der Waals surface area contributed by atoms with Gasteiger partial charge in [-0.2, -0.15) is 0 Å². The Hall–Kier alpha value is -3.96. The summed E-state index contributed by atoms with van der Waals surface area (Å²) < 4.78 is 4.19. The standard InChI is InChI=1S/C31H28N4O/c32-30-28-27(23-12-6-2-7-13-23)29(24-14-8-3-9-15-24)34(20-22-10-4-1-5-11-22)31(28)33-21-35(30)25-16-18-26(36)19-17-25/h1-15,21,32,36H,16-20H2. The maximum atomic E-state index is 9.94. The van der Waals surface area contributed by atoms with Crippen molar-refractivity contribution < 1.29 is 5.11 Å². The molecule has 2 N–H and O–H groups in total. The molecular weight excluding hydrogens is 444 g/mol. The first-order chi connectivity index (χ1) is 17.7. The third kappa shape index (κ3) is 4.06. The number of aromatic nitrogens is 3. The topological polar surface area (TPSA) is 66.8 Å². The van der Waals surface area contributed by atoms with Gasteiger partial charge in [0.05, 0.1) is 29.6 Å². The lowest BCUT2D eigenvalue weighted by Gasteiger charge is -2.26. The zero-order valence-electron chi connectivity index (χ0n) is 20.1. The van der Waals surface area contributed by atoms with Gasteiger partial charge >= 0.3 is 0 Å². The van der Waals surface area contributed by atoms with Gasteiger partial charge < -0.3 is 14.2 Å². The number of benzene rings is 3. The largest absolute Gasteiger partial charge is 0.387 e. The minimum atomic E-state index is 0.444. The molecule has 2 heterocycles. The average molecular weight is 473 g/mol. The Morgan fingerprint density at radius 1 is 0.750 bits per heavy atom. The molecule has 178 valence electrons. The van der Waals surface area contributed by atoms with Crippen molar-refractivity contribution >= 4 is 11.0 Å². The predicted molar refractivity (Wildman–Crippen MR) is 142 cm³/mol. The molecule has 1 aliphatic rings. The third-order valence-corrected chi connectivity index (χ3v) is 7.05. The van der Waals surface area contributed by atoms with Crippen molar-refractivity contribution in [3.05, 3.63) is 121 Å². The van der Waals surface area contributed by atoms with E-state index in [2.05, 4.69) is 65.2 Å². The summed E-state index contributed by atoms with van der Waals surface area (Å²) in [5.41, 5.74) is 6.71. The molecule has 0 amide bonds. The van der Waals surface area contributed by atoms with E-state index in [1.807, 2.05) is 34.9 Å². The molecule has 6 rings (SSSR count). The van der Waals surface area contributed by atoms with Crippen LogP contribution in [-0.2, 0) is 6.54 Å². The number of nitrogens with zero attached hydrogens (tertiary/aromatic N) is 3. The second-order valence-electron chi connectivity index (χ2n) is 9.32. The lowest BCUT2D eigenvalue weighted by atomic mass is 9.93. The van der Waals surface area contributed by atoms with E-state index >= 15 is 0 Å². The van der Waals surface area contributed by atoms with Gasteiger partial charge in [0, 0.05) is 12.1 Å². The molecule has 1 saturated carbocycles. The smallest absolute Gasteiger partial charge is 0.146 e. The molecule has 1 aliphatic carbocycles. The molecule has 0 unspecified atom stereocenters. The number of fused-ring (bicyclic) bond motifs is 1. The lowest BCUT2D eigenvalue weighted by Crippen LogP contribution is -2.29. The number of hydrogen-bond donors (Lipinski definition) is 2. The molecule has 36 heavy (non-hydrogen) atoms. The molecule has 2 radical (unpaired) electrons. The molecule has 3 aromatic carbocycles. The van der Waals surface area contributed by atoms with Crippen LogP contribution in [0, 0.1) is 17.6 Å². The Bertz CT molecular complexity index is 1530. The van der Waals surface area contributed by atoms with Gasteiger partial charge in [0.2, 0.25) is 0 Å². The Labute approximate surface area is 210 Å². The van der Waals surface area contributed by atoms with Gasteiger partial charge in [-0.3, -0.25) is 5.41 Å². The van der Waals surface area contributed by atoms with E-state index in [-0.39, 0.29) is 0 Å². The van der Waals surface area contributed by atoms with Gasteiger partial charge in [-0.05, 0) is 42.4 Å². The average Bonchev–Trinajstić information content (AvgIpc) is 3.26. The maximum absolute atomic E-state index is 9.94. The minimum Gasteiger partial charge on any atom is -0.387 e. The highest BCUT2D eigenvalue weighted by atomic mass is 16.3. The highest BCUT2D eigenvalue weighted by Crippen LogP contribution is 2.40. The van der Waals surface area contributed by atoms with Crippen molar-refractivity contribution in [2.75, 3.05) is 0 Å². The second-order valence-corrected chi connectivity index (χ2v) is 9.32. The first-order valence-electron chi connectivity index (χ1n) is 12.4. The van der Waals surface area contributed by atoms with Gasteiger partial charge in [-0.15, -0.1) is 0 Å². The molecule has 2 aromatic heterocycles. The summed E-state index contributed by atoms with van der Waals surface area (Å²) in [6.07, 6.45) is 5.13. The summed E-state index contributed by atoms with van der Waals surface area (Å²) >= 11 is 0. The predicted octanol–water partition coefficient (Wildman–Crippen LogP) is 6.56. The van der Waals surface area contributed by atoms with Crippen molar-refractivity contribution in [1.29, 1.82) is 5.41 Å². The zero-order chi connectivity index (χ0) is 24.5. The van der Waals surface area contributed by atoms with Crippen LogP contribution in [0.1, 0.15) is 31.2 Å². The van der Waals surface area contributed by atoms with Crippen LogP contribution in [0.2, 0.25) is 0 Å². The van der Waals surface area contributed by atoms with Crippen molar-refractivity contribution in [2.24, 2.45) is 0 Å². The number of nitrogens with one attached hydrogen (secondary N) is 1. The van der Waals surface area contributed by atoms with E-state index in [4.69, 9.17) is 4.98 Å². The van der Waals surface area contributed by atoms with E-state index in [0.717, 1.165) is 52.3 Å². The molecule has 0 saturated heterocycles. The Balaban J connectivity index is 1.66. The molecule has 0 spiro atoms. The fourth-order valence-electron chi connectivity index (χ4n) is 5.27. The van der Waals surface area contributed by atoms with Crippen molar-refractivity contribution in [1.82, 2.24) is 14.1 Å².